The standard InChI is InChI=1S/C18H27N3O3/c1-12-7-8-15(16(9-12)24-11-17(22)21(2)3)20-18(23)13-5-4-6-14(19)10-13/h7-9,13-14H,4-6,10-11,19H2,1-3H3,(H,20,23). The predicted octanol–water partition coefficient (Wildman–Crippen LogP) is 1.92. The highest BCUT2D eigenvalue weighted by Gasteiger charge is 2.26. The molecule has 0 saturated heterocycles. The Hall–Kier alpha value is -2.08. The van der Waals surface area contributed by atoms with Gasteiger partial charge in [0.25, 0.3) is 5.91 Å². The van der Waals surface area contributed by atoms with Crippen LogP contribution < -0.4 is 15.8 Å². The summed E-state index contributed by atoms with van der Waals surface area (Å²) in [7, 11) is 3.36. The number of hydrogen-bond donors (Lipinski definition) is 2. The van der Waals surface area contributed by atoms with Crippen molar-refractivity contribution in [1.29, 1.82) is 0 Å². The van der Waals surface area contributed by atoms with Gasteiger partial charge >= 0.3 is 0 Å². The molecule has 0 spiro atoms. The first-order chi connectivity index (χ1) is 11.4. The molecule has 2 rings (SSSR count). The van der Waals surface area contributed by atoms with Crippen LogP contribution >= 0.6 is 0 Å². The summed E-state index contributed by atoms with van der Waals surface area (Å²) in [6, 6.07) is 5.64. The fraction of sp³-hybridized carbons (Fsp3) is 0.556. The minimum absolute atomic E-state index is 0.0298. The first-order valence-corrected chi connectivity index (χ1v) is 8.37. The van der Waals surface area contributed by atoms with Crippen LogP contribution in [-0.2, 0) is 9.59 Å². The van der Waals surface area contributed by atoms with Gasteiger partial charge in [-0.05, 0) is 43.9 Å². The van der Waals surface area contributed by atoms with Gasteiger partial charge in [0.15, 0.2) is 6.61 Å². The van der Waals surface area contributed by atoms with Crippen LogP contribution in [0.25, 0.3) is 0 Å². The molecule has 2 unspecified atom stereocenters. The molecule has 2 amide bonds. The molecule has 1 aliphatic rings. The maximum Gasteiger partial charge on any atom is 0.259 e. The van der Waals surface area contributed by atoms with Crippen molar-refractivity contribution in [1.82, 2.24) is 4.90 Å². The number of hydrogen-bond acceptors (Lipinski definition) is 4. The summed E-state index contributed by atoms with van der Waals surface area (Å²) in [4.78, 5) is 25.7. The van der Waals surface area contributed by atoms with Crippen molar-refractivity contribution >= 4 is 17.5 Å². The van der Waals surface area contributed by atoms with Gasteiger partial charge < -0.3 is 20.7 Å². The topological polar surface area (TPSA) is 84.7 Å². The Bertz CT molecular complexity index is 601. The number of ether oxygens (including phenoxy) is 1. The van der Waals surface area contributed by atoms with Gasteiger partial charge in [-0.1, -0.05) is 12.5 Å². The summed E-state index contributed by atoms with van der Waals surface area (Å²) in [6.07, 6.45) is 3.54. The Kier molecular flexibility index (Phi) is 6.20. The molecule has 1 aromatic rings. The number of nitrogens with zero attached hydrogens (tertiary/aromatic N) is 1. The summed E-state index contributed by atoms with van der Waals surface area (Å²) in [5.74, 6) is 0.287. The molecule has 24 heavy (non-hydrogen) atoms. The van der Waals surface area contributed by atoms with Crippen LogP contribution in [0.2, 0.25) is 0 Å². The fourth-order valence-corrected chi connectivity index (χ4v) is 2.82. The molecule has 1 fully saturated rings. The summed E-state index contributed by atoms with van der Waals surface area (Å²) in [5, 5.41) is 2.94. The number of nitrogens with one attached hydrogen (secondary N) is 1. The molecule has 0 radical (unpaired) electrons. The van der Waals surface area contributed by atoms with E-state index in [1.54, 1.807) is 14.1 Å². The summed E-state index contributed by atoms with van der Waals surface area (Å²) in [5.41, 5.74) is 7.56. The zero-order valence-electron chi connectivity index (χ0n) is 14.7. The molecular formula is C18H27N3O3. The zero-order chi connectivity index (χ0) is 17.7. The number of carbonyl (C=O) groups excluding carboxylic acids is 2. The third kappa shape index (κ3) is 4.96. The monoisotopic (exact) mass is 333 g/mol. The van der Waals surface area contributed by atoms with Gasteiger partial charge in [-0.2, -0.15) is 0 Å². The van der Waals surface area contributed by atoms with Crippen LogP contribution in [0.1, 0.15) is 31.2 Å². The Balaban J connectivity index is 2.06. The molecular weight excluding hydrogens is 306 g/mol. The molecule has 0 aromatic heterocycles. The maximum atomic E-state index is 12.5. The number of anilines is 1. The Morgan fingerprint density at radius 1 is 1.33 bits per heavy atom. The van der Waals surface area contributed by atoms with Gasteiger partial charge in [0.2, 0.25) is 5.91 Å². The lowest BCUT2D eigenvalue weighted by atomic mass is 9.85. The van der Waals surface area contributed by atoms with Crippen molar-refractivity contribution in [3.05, 3.63) is 23.8 Å². The zero-order valence-corrected chi connectivity index (χ0v) is 14.7. The number of aryl methyl sites for hydroxylation is 1. The quantitative estimate of drug-likeness (QED) is 0.862. The number of benzene rings is 1. The van der Waals surface area contributed by atoms with Crippen LogP contribution in [0.4, 0.5) is 5.69 Å². The van der Waals surface area contributed by atoms with E-state index in [9.17, 15) is 9.59 Å². The number of rotatable bonds is 5. The minimum atomic E-state index is -0.132. The Morgan fingerprint density at radius 2 is 2.08 bits per heavy atom. The van der Waals surface area contributed by atoms with Crippen molar-refractivity contribution in [2.45, 2.75) is 38.6 Å². The van der Waals surface area contributed by atoms with Gasteiger partial charge in [-0.25, -0.2) is 0 Å². The molecule has 6 heteroatoms. The van der Waals surface area contributed by atoms with E-state index in [-0.39, 0.29) is 30.4 Å². The van der Waals surface area contributed by atoms with Crippen molar-refractivity contribution in [2.75, 3.05) is 26.0 Å². The van der Waals surface area contributed by atoms with Gasteiger partial charge in [-0.15, -0.1) is 0 Å². The highest BCUT2D eigenvalue weighted by molar-refractivity contribution is 5.94. The third-order valence-corrected chi connectivity index (χ3v) is 4.33. The van der Waals surface area contributed by atoms with Gasteiger partial charge in [-0.3, -0.25) is 9.59 Å². The van der Waals surface area contributed by atoms with E-state index in [0.29, 0.717) is 17.9 Å². The Morgan fingerprint density at radius 3 is 2.75 bits per heavy atom. The second kappa shape index (κ2) is 8.15. The van der Waals surface area contributed by atoms with Crippen LogP contribution in [0, 0.1) is 12.8 Å². The highest BCUT2D eigenvalue weighted by atomic mass is 16.5. The molecule has 1 saturated carbocycles. The van der Waals surface area contributed by atoms with E-state index in [2.05, 4.69) is 5.32 Å². The van der Waals surface area contributed by atoms with E-state index in [1.165, 1.54) is 4.90 Å². The lowest BCUT2D eigenvalue weighted by Gasteiger charge is -2.26. The van der Waals surface area contributed by atoms with Crippen molar-refractivity contribution < 1.29 is 14.3 Å². The second-order valence-corrected chi connectivity index (χ2v) is 6.69. The fourth-order valence-electron chi connectivity index (χ4n) is 2.82. The van der Waals surface area contributed by atoms with Crippen LogP contribution in [0.5, 0.6) is 5.75 Å². The number of amides is 2. The van der Waals surface area contributed by atoms with E-state index >= 15 is 0 Å². The molecule has 0 bridgehead atoms. The van der Waals surface area contributed by atoms with E-state index in [1.807, 2.05) is 25.1 Å². The van der Waals surface area contributed by atoms with Crippen LogP contribution in [0.15, 0.2) is 18.2 Å². The first kappa shape index (κ1) is 18.3. The van der Waals surface area contributed by atoms with Crippen LogP contribution in [-0.4, -0.2) is 43.5 Å². The van der Waals surface area contributed by atoms with Gasteiger partial charge in [0.05, 0.1) is 5.69 Å². The lowest BCUT2D eigenvalue weighted by Crippen LogP contribution is -2.34. The number of carbonyl (C=O) groups is 2. The number of likely N-dealkylation sites (N-methyl/N-ethyl adjacent to an activating group) is 1. The lowest BCUT2D eigenvalue weighted by molar-refractivity contribution is -0.130. The molecule has 132 valence electrons. The molecule has 2 atom stereocenters. The van der Waals surface area contributed by atoms with Crippen molar-refractivity contribution in [2.24, 2.45) is 11.7 Å². The number of nitrogens with two attached hydrogens (primary N) is 1. The van der Waals surface area contributed by atoms with Crippen LogP contribution in [0.3, 0.4) is 0 Å². The Labute approximate surface area is 143 Å². The average Bonchev–Trinajstić information content (AvgIpc) is 2.54. The largest absolute Gasteiger partial charge is 0.482 e. The third-order valence-electron chi connectivity index (χ3n) is 4.33. The maximum absolute atomic E-state index is 12.5. The SMILES string of the molecule is Cc1ccc(NC(=O)C2CCCC(N)C2)c(OCC(=O)N(C)C)c1. The molecule has 1 aliphatic carbocycles. The van der Waals surface area contributed by atoms with Crippen molar-refractivity contribution in [3.63, 3.8) is 0 Å². The highest BCUT2D eigenvalue weighted by Crippen LogP contribution is 2.29. The molecule has 3 N–H and O–H groups in total. The van der Waals surface area contributed by atoms with E-state index < -0.39 is 0 Å². The van der Waals surface area contributed by atoms with Gasteiger partial charge in [0, 0.05) is 26.1 Å². The summed E-state index contributed by atoms with van der Waals surface area (Å²) < 4.78 is 5.62. The van der Waals surface area contributed by atoms with Gasteiger partial charge in [0.1, 0.15) is 5.75 Å². The molecule has 1 aromatic carbocycles. The molecule has 6 nitrogen and oxygen atoms in total. The molecule has 0 heterocycles. The van der Waals surface area contributed by atoms with E-state index in [4.69, 9.17) is 10.5 Å². The predicted molar refractivity (Wildman–Crippen MR) is 93.9 cm³/mol. The normalized spacial score (nSPS) is 20.3. The smallest absolute Gasteiger partial charge is 0.259 e. The van der Waals surface area contributed by atoms with Crippen molar-refractivity contribution in [3.8, 4) is 5.75 Å². The second-order valence-electron chi connectivity index (χ2n) is 6.69. The van der Waals surface area contributed by atoms with E-state index in [0.717, 1.165) is 24.8 Å². The minimum Gasteiger partial charge on any atom is -0.482 e. The molecule has 0 aliphatic heterocycles. The average molecular weight is 333 g/mol. The first-order valence-electron chi connectivity index (χ1n) is 8.37. The summed E-state index contributed by atoms with van der Waals surface area (Å²) in [6.45, 7) is 1.88. The summed E-state index contributed by atoms with van der Waals surface area (Å²) >= 11 is 0.